The van der Waals surface area contributed by atoms with Crippen LogP contribution < -0.4 is 10.1 Å². The summed E-state index contributed by atoms with van der Waals surface area (Å²) in [5.74, 6) is 1.18. The van der Waals surface area contributed by atoms with E-state index >= 15 is 0 Å². The number of benzene rings is 1. The normalized spacial score (nSPS) is 21.3. The van der Waals surface area contributed by atoms with Gasteiger partial charge in [-0.25, -0.2) is 9.78 Å². The van der Waals surface area contributed by atoms with Gasteiger partial charge in [-0.2, -0.15) is 0 Å². The maximum atomic E-state index is 12.2. The first-order chi connectivity index (χ1) is 18.4. The molecule has 0 radical (unpaired) electrons. The Bertz CT molecular complexity index is 1290. The van der Waals surface area contributed by atoms with E-state index in [2.05, 4.69) is 27.4 Å². The number of likely N-dealkylation sites (tertiary alicyclic amines) is 1. The number of hydrogen-bond acceptors (Lipinski definition) is 6. The SMILES string of the molecule is CCOC(=O)NC1C=CC=C2Oc3ncccc3C(=CCCN3CCC(O)(c4ccc(Cl)cc4)CC3)C=C21. The topological polar surface area (TPSA) is 83.9 Å². The number of aliphatic hydroxyl groups is 1. The second-order valence-corrected chi connectivity index (χ2v) is 10.1. The van der Waals surface area contributed by atoms with E-state index in [0.29, 0.717) is 36.1 Å². The summed E-state index contributed by atoms with van der Waals surface area (Å²) in [5, 5.41) is 14.8. The van der Waals surface area contributed by atoms with Crippen LogP contribution in [0.1, 0.15) is 37.3 Å². The molecule has 38 heavy (non-hydrogen) atoms. The van der Waals surface area contributed by atoms with Crippen molar-refractivity contribution in [1.82, 2.24) is 15.2 Å². The molecule has 1 aromatic heterocycles. The van der Waals surface area contributed by atoms with E-state index < -0.39 is 11.7 Å². The van der Waals surface area contributed by atoms with E-state index in [0.717, 1.165) is 48.3 Å². The van der Waals surface area contributed by atoms with Crippen molar-refractivity contribution < 1.29 is 19.4 Å². The molecule has 198 valence electrons. The molecular weight excluding hydrogens is 502 g/mol. The van der Waals surface area contributed by atoms with Crippen LogP contribution in [0.25, 0.3) is 5.57 Å². The minimum Gasteiger partial charge on any atom is -0.450 e. The van der Waals surface area contributed by atoms with Crippen LogP contribution in [0.5, 0.6) is 5.88 Å². The van der Waals surface area contributed by atoms with Crippen molar-refractivity contribution in [2.75, 3.05) is 26.2 Å². The Labute approximate surface area is 228 Å². The highest BCUT2D eigenvalue weighted by molar-refractivity contribution is 6.30. The number of alkyl carbamates (subject to hydrolysis) is 1. The molecule has 2 N–H and O–H groups in total. The number of nitrogens with one attached hydrogen (secondary N) is 1. The molecule has 0 bridgehead atoms. The summed E-state index contributed by atoms with van der Waals surface area (Å²) in [6, 6.07) is 11.0. The first kappa shape index (κ1) is 26.2. The molecular formula is C30H32ClN3O4. The molecule has 5 rings (SSSR count). The Kier molecular flexibility index (Phi) is 7.98. The number of nitrogens with zero attached hydrogens (tertiary/aromatic N) is 2. The molecule has 1 amide bonds. The smallest absolute Gasteiger partial charge is 0.407 e. The summed E-state index contributed by atoms with van der Waals surface area (Å²) in [5.41, 5.74) is 2.85. The second-order valence-electron chi connectivity index (χ2n) is 9.64. The van der Waals surface area contributed by atoms with E-state index in [4.69, 9.17) is 21.1 Å². The Morgan fingerprint density at radius 1 is 1.29 bits per heavy atom. The number of pyridine rings is 1. The van der Waals surface area contributed by atoms with E-state index in [1.165, 1.54) is 0 Å². The maximum Gasteiger partial charge on any atom is 0.407 e. The standard InChI is InChI=1S/C30H32ClN3O4/c1-2-37-29(35)33-26-8-3-9-27-25(26)20-21(24-7-4-16-32-28(24)38-27)6-5-17-34-18-14-30(36,15-19-34)22-10-12-23(31)13-11-22/h3-4,6-13,16,20,26,36H,2,5,14-15,17-19H2,1H3,(H,33,35). The Morgan fingerprint density at radius 3 is 2.84 bits per heavy atom. The highest BCUT2D eigenvalue weighted by atomic mass is 35.5. The van der Waals surface area contributed by atoms with Crippen LogP contribution in [-0.2, 0) is 10.3 Å². The third kappa shape index (κ3) is 5.85. The number of amides is 1. The molecule has 1 fully saturated rings. The largest absolute Gasteiger partial charge is 0.450 e. The lowest BCUT2D eigenvalue weighted by Crippen LogP contribution is -2.42. The van der Waals surface area contributed by atoms with Gasteiger partial charge in [0.05, 0.1) is 18.2 Å². The zero-order valence-electron chi connectivity index (χ0n) is 21.4. The zero-order chi connectivity index (χ0) is 26.5. The van der Waals surface area contributed by atoms with Gasteiger partial charge in [-0.3, -0.25) is 0 Å². The van der Waals surface area contributed by atoms with Gasteiger partial charge in [0, 0.05) is 42.0 Å². The summed E-state index contributed by atoms with van der Waals surface area (Å²) in [7, 11) is 0. The maximum absolute atomic E-state index is 12.2. The average Bonchev–Trinajstić information content (AvgIpc) is 3.08. The van der Waals surface area contributed by atoms with Crippen molar-refractivity contribution in [2.45, 2.75) is 37.8 Å². The van der Waals surface area contributed by atoms with Gasteiger partial charge in [0.15, 0.2) is 0 Å². The van der Waals surface area contributed by atoms with Crippen molar-refractivity contribution in [3.8, 4) is 5.88 Å². The van der Waals surface area contributed by atoms with E-state index in [1.54, 1.807) is 13.1 Å². The molecule has 1 aliphatic carbocycles. The van der Waals surface area contributed by atoms with Crippen LogP contribution in [0.3, 0.4) is 0 Å². The third-order valence-electron chi connectivity index (χ3n) is 7.19. The first-order valence-electron chi connectivity index (χ1n) is 13.0. The molecule has 3 aliphatic rings. The number of ether oxygens (including phenoxy) is 2. The van der Waals surface area contributed by atoms with Gasteiger partial charge in [-0.05, 0) is 73.7 Å². The molecule has 2 aromatic rings. The number of halogens is 1. The van der Waals surface area contributed by atoms with Crippen molar-refractivity contribution in [2.24, 2.45) is 0 Å². The monoisotopic (exact) mass is 533 g/mol. The van der Waals surface area contributed by atoms with Crippen LogP contribution in [0, 0.1) is 0 Å². The predicted molar refractivity (Wildman–Crippen MR) is 148 cm³/mol. The van der Waals surface area contributed by atoms with Crippen LogP contribution in [0.2, 0.25) is 5.02 Å². The number of allylic oxidation sites excluding steroid dienone is 4. The van der Waals surface area contributed by atoms with Crippen molar-refractivity contribution >= 4 is 23.3 Å². The molecule has 2 aliphatic heterocycles. The number of piperidine rings is 1. The van der Waals surface area contributed by atoms with Gasteiger partial charge in [-0.15, -0.1) is 0 Å². The molecule has 1 aromatic carbocycles. The molecule has 7 nitrogen and oxygen atoms in total. The second kappa shape index (κ2) is 11.6. The van der Waals surface area contributed by atoms with Gasteiger partial charge in [-0.1, -0.05) is 42.0 Å². The van der Waals surface area contributed by atoms with Gasteiger partial charge in [0.25, 0.3) is 0 Å². The first-order valence-corrected chi connectivity index (χ1v) is 13.4. The molecule has 3 heterocycles. The van der Waals surface area contributed by atoms with Crippen LogP contribution in [0.15, 0.2) is 84.3 Å². The Balaban J connectivity index is 1.30. The number of rotatable bonds is 6. The van der Waals surface area contributed by atoms with Gasteiger partial charge >= 0.3 is 6.09 Å². The summed E-state index contributed by atoms with van der Waals surface area (Å²) < 4.78 is 11.3. The fourth-order valence-electron chi connectivity index (χ4n) is 5.09. The highest BCUT2D eigenvalue weighted by Crippen LogP contribution is 2.36. The molecule has 0 spiro atoms. The van der Waals surface area contributed by atoms with E-state index in [9.17, 15) is 9.90 Å². The summed E-state index contributed by atoms with van der Waals surface area (Å²) >= 11 is 6.02. The Hall–Kier alpha value is -3.39. The van der Waals surface area contributed by atoms with E-state index in [-0.39, 0.29) is 6.04 Å². The van der Waals surface area contributed by atoms with Crippen molar-refractivity contribution in [3.05, 3.63) is 100 Å². The molecule has 1 atom stereocenters. The number of aromatic nitrogens is 1. The Morgan fingerprint density at radius 2 is 2.08 bits per heavy atom. The van der Waals surface area contributed by atoms with Crippen molar-refractivity contribution in [3.63, 3.8) is 0 Å². The number of carbonyl (C=O) groups is 1. The van der Waals surface area contributed by atoms with Gasteiger partial charge in [0.2, 0.25) is 5.88 Å². The van der Waals surface area contributed by atoms with Gasteiger partial charge in [0.1, 0.15) is 5.76 Å². The lowest BCUT2D eigenvalue weighted by molar-refractivity contribution is -0.0254. The fraction of sp³-hybridized carbons (Fsp3) is 0.333. The quantitative estimate of drug-likeness (QED) is 0.519. The number of fused-ring (bicyclic) bond motifs is 2. The fourth-order valence-corrected chi connectivity index (χ4v) is 5.22. The van der Waals surface area contributed by atoms with Crippen LogP contribution in [0.4, 0.5) is 4.79 Å². The zero-order valence-corrected chi connectivity index (χ0v) is 22.2. The minimum atomic E-state index is -0.814. The lowest BCUT2D eigenvalue weighted by atomic mass is 9.84. The molecule has 0 saturated carbocycles. The van der Waals surface area contributed by atoms with E-state index in [1.807, 2.05) is 54.6 Å². The van der Waals surface area contributed by atoms with Crippen molar-refractivity contribution in [1.29, 1.82) is 0 Å². The third-order valence-corrected chi connectivity index (χ3v) is 7.45. The van der Waals surface area contributed by atoms with Crippen LogP contribution >= 0.6 is 11.6 Å². The van der Waals surface area contributed by atoms with Crippen LogP contribution in [-0.4, -0.2) is 53.4 Å². The molecule has 1 unspecified atom stereocenters. The van der Waals surface area contributed by atoms with Gasteiger partial charge < -0.3 is 24.8 Å². The highest BCUT2D eigenvalue weighted by Gasteiger charge is 2.33. The molecule has 1 saturated heterocycles. The summed E-state index contributed by atoms with van der Waals surface area (Å²) in [6.07, 6.45) is 13.3. The summed E-state index contributed by atoms with van der Waals surface area (Å²) in [4.78, 5) is 19.0. The predicted octanol–water partition coefficient (Wildman–Crippen LogP) is 5.38. The number of hydrogen-bond donors (Lipinski definition) is 2. The average molecular weight is 534 g/mol. The summed E-state index contributed by atoms with van der Waals surface area (Å²) in [6.45, 7) is 4.57. The molecule has 8 heteroatoms. The number of carbonyl (C=O) groups excluding carboxylic acids is 1. The minimum absolute atomic E-state index is 0.300. The lowest BCUT2D eigenvalue weighted by Gasteiger charge is -2.38.